The third-order valence-electron chi connectivity index (χ3n) is 3.64. The summed E-state index contributed by atoms with van der Waals surface area (Å²) in [5, 5.41) is 0. The van der Waals surface area contributed by atoms with Crippen LogP contribution in [0.15, 0.2) is 18.2 Å². The molecule has 0 saturated carbocycles. The van der Waals surface area contributed by atoms with E-state index in [9.17, 15) is 0 Å². The summed E-state index contributed by atoms with van der Waals surface area (Å²) in [4.78, 5) is 2.51. The summed E-state index contributed by atoms with van der Waals surface area (Å²) in [7, 11) is 0. The van der Waals surface area contributed by atoms with E-state index in [0.717, 1.165) is 13.1 Å². The van der Waals surface area contributed by atoms with E-state index in [-0.39, 0.29) is 0 Å². The standard InChI is InChI=1S/C15H24N2S/c1-12-4-5-13(11-16)14(10-12)17-7-6-15(2,3)18-9-8-17/h4-5,10H,6-9,11,16H2,1-3H3. The molecule has 0 unspecified atom stereocenters. The van der Waals surface area contributed by atoms with Gasteiger partial charge in [0.25, 0.3) is 0 Å². The molecule has 1 heterocycles. The number of nitrogens with two attached hydrogens (primary N) is 1. The first-order chi connectivity index (χ1) is 8.52. The first-order valence-corrected chi connectivity index (χ1v) is 7.69. The zero-order valence-corrected chi connectivity index (χ0v) is 12.5. The highest BCUT2D eigenvalue weighted by Gasteiger charge is 2.24. The van der Waals surface area contributed by atoms with Gasteiger partial charge in [0.15, 0.2) is 0 Å². The molecule has 3 heteroatoms. The van der Waals surface area contributed by atoms with Gasteiger partial charge in [0, 0.05) is 35.8 Å². The average Bonchev–Trinajstić information content (AvgIpc) is 2.50. The Kier molecular flexibility index (Phi) is 4.23. The van der Waals surface area contributed by atoms with Crippen molar-refractivity contribution in [1.29, 1.82) is 0 Å². The molecule has 0 atom stereocenters. The second-order valence-corrected chi connectivity index (χ2v) is 7.48. The summed E-state index contributed by atoms with van der Waals surface area (Å²) in [5.74, 6) is 1.20. The van der Waals surface area contributed by atoms with Gasteiger partial charge >= 0.3 is 0 Å². The van der Waals surface area contributed by atoms with E-state index in [2.05, 4.69) is 55.6 Å². The first-order valence-electron chi connectivity index (χ1n) is 6.70. The Balaban J connectivity index is 2.23. The molecule has 2 rings (SSSR count). The highest BCUT2D eigenvalue weighted by Crippen LogP contribution is 2.33. The van der Waals surface area contributed by atoms with Crippen molar-refractivity contribution in [1.82, 2.24) is 0 Å². The van der Waals surface area contributed by atoms with Crippen molar-refractivity contribution in [3.05, 3.63) is 29.3 Å². The molecule has 0 aromatic heterocycles. The van der Waals surface area contributed by atoms with Crippen LogP contribution in [-0.2, 0) is 6.54 Å². The van der Waals surface area contributed by atoms with Gasteiger partial charge in [-0.15, -0.1) is 0 Å². The zero-order chi connectivity index (χ0) is 13.2. The van der Waals surface area contributed by atoms with Gasteiger partial charge in [0.1, 0.15) is 0 Å². The molecule has 2 nitrogen and oxygen atoms in total. The van der Waals surface area contributed by atoms with Gasteiger partial charge in [-0.05, 0) is 30.5 Å². The number of hydrogen-bond donors (Lipinski definition) is 1. The first kappa shape index (κ1) is 13.8. The largest absolute Gasteiger partial charge is 0.370 e. The topological polar surface area (TPSA) is 29.3 Å². The Bertz CT molecular complexity index is 415. The summed E-state index contributed by atoms with van der Waals surface area (Å²) in [6.45, 7) is 9.74. The van der Waals surface area contributed by atoms with E-state index >= 15 is 0 Å². The second-order valence-electron chi connectivity index (χ2n) is 5.68. The van der Waals surface area contributed by atoms with Crippen LogP contribution in [0.5, 0.6) is 0 Å². The van der Waals surface area contributed by atoms with E-state index in [1.165, 1.54) is 29.0 Å². The minimum absolute atomic E-state index is 0.404. The van der Waals surface area contributed by atoms with Crippen LogP contribution in [0.1, 0.15) is 31.4 Å². The molecule has 0 spiro atoms. The highest BCUT2D eigenvalue weighted by atomic mass is 32.2. The molecule has 1 saturated heterocycles. The predicted molar refractivity (Wildman–Crippen MR) is 82.4 cm³/mol. The number of thioether (sulfide) groups is 1. The van der Waals surface area contributed by atoms with E-state index in [0.29, 0.717) is 11.3 Å². The van der Waals surface area contributed by atoms with Crippen LogP contribution >= 0.6 is 11.8 Å². The number of benzene rings is 1. The van der Waals surface area contributed by atoms with Crippen LogP contribution in [-0.4, -0.2) is 23.6 Å². The molecule has 0 amide bonds. The lowest BCUT2D eigenvalue weighted by atomic mass is 10.1. The molecule has 1 fully saturated rings. The van der Waals surface area contributed by atoms with Crippen molar-refractivity contribution >= 4 is 17.4 Å². The summed E-state index contributed by atoms with van der Waals surface area (Å²) >= 11 is 2.08. The van der Waals surface area contributed by atoms with Crippen molar-refractivity contribution in [2.45, 2.75) is 38.5 Å². The van der Waals surface area contributed by atoms with Crippen LogP contribution in [0.25, 0.3) is 0 Å². The maximum atomic E-state index is 5.87. The molecule has 1 aromatic rings. The van der Waals surface area contributed by atoms with Gasteiger partial charge in [-0.3, -0.25) is 0 Å². The van der Waals surface area contributed by atoms with Crippen molar-refractivity contribution in [3.8, 4) is 0 Å². The van der Waals surface area contributed by atoms with Gasteiger partial charge in [0.2, 0.25) is 0 Å². The Morgan fingerprint density at radius 3 is 2.83 bits per heavy atom. The highest BCUT2D eigenvalue weighted by molar-refractivity contribution is 8.00. The average molecular weight is 264 g/mol. The molecule has 0 aliphatic carbocycles. The van der Waals surface area contributed by atoms with Gasteiger partial charge in [-0.2, -0.15) is 11.8 Å². The molecule has 18 heavy (non-hydrogen) atoms. The van der Waals surface area contributed by atoms with Gasteiger partial charge in [0.05, 0.1) is 0 Å². The Morgan fingerprint density at radius 1 is 1.33 bits per heavy atom. The number of anilines is 1. The van der Waals surface area contributed by atoms with Crippen LogP contribution in [0, 0.1) is 6.92 Å². The molecule has 0 bridgehead atoms. The number of nitrogens with zero attached hydrogens (tertiary/aromatic N) is 1. The normalized spacial score (nSPS) is 19.7. The van der Waals surface area contributed by atoms with Crippen molar-refractivity contribution < 1.29 is 0 Å². The predicted octanol–water partition coefficient (Wildman–Crippen LogP) is 3.18. The summed E-state index contributed by atoms with van der Waals surface area (Å²) in [5.41, 5.74) is 9.80. The minimum atomic E-state index is 0.404. The summed E-state index contributed by atoms with van der Waals surface area (Å²) in [6, 6.07) is 6.61. The molecular weight excluding hydrogens is 240 g/mol. The van der Waals surface area contributed by atoms with Crippen molar-refractivity contribution in [2.24, 2.45) is 5.73 Å². The monoisotopic (exact) mass is 264 g/mol. The molecule has 0 radical (unpaired) electrons. The third-order valence-corrected chi connectivity index (χ3v) is 5.01. The lowest BCUT2D eigenvalue weighted by Crippen LogP contribution is -2.28. The van der Waals surface area contributed by atoms with Crippen LogP contribution < -0.4 is 10.6 Å². The molecule has 2 N–H and O–H groups in total. The van der Waals surface area contributed by atoms with Crippen LogP contribution in [0.2, 0.25) is 0 Å². The number of hydrogen-bond acceptors (Lipinski definition) is 3. The SMILES string of the molecule is Cc1ccc(CN)c(N2CCSC(C)(C)CC2)c1. The second kappa shape index (κ2) is 5.54. The van der Waals surface area contributed by atoms with E-state index in [1.807, 2.05) is 0 Å². The quantitative estimate of drug-likeness (QED) is 0.889. The minimum Gasteiger partial charge on any atom is -0.370 e. The Labute approximate surface area is 115 Å². The molecule has 1 aliphatic rings. The van der Waals surface area contributed by atoms with Gasteiger partial charge < -0.3 is 10.6 Å². The fraction of sp³-hybridized carbons (Fsp3) is 0.600. The van der Waals surface area contributed by atoms with Crippen LogP contribution in [0.3, 0.4) is 0 Å². The maximum Gasteiger partial charge on any atom is 0.0414 e. The molecule has 100 valence electrons. The molecule has 1 aliphatic heterocycles. The fourth-order valence-electron chi connectivity index (χ4n) is 2.40. The number of aryl methyl sites for hydroxylation is 1. The summed E-state index contributed by atoms with van der Waals surface area (Å²) < 4.78 is 0.404. The Morgan fingerprint density at radius 2 is 2.11 bits per heavy atom. The van der Waals surface area contributed by atoms with Crippen molar-refractivity contribution in [3.63, 3.8) is 0 Å². The van der Waals surface area contributed by atoms with E-state index < -0.39 is 0 Å². The molecule has 1 aromatic carbocycles. The zero-order valence-electron chi connectivity index (χ0n) is 11.7. The van der Waals surface area contributed by atoms with Gasteiger partial charge in [-0.1, -0.05) is 26.0 Å². The summed E-state index contributed by atoms with van der Waals surface area (Å²) in [6.07, 6.45) is 1.23. The number of rotatable bonds is 2. The molecular formula is C15H24N2S. The third kappa shape index (κ3) is 3.21. The smallest absolute Gasteiger partial charge is 0.0414 e. The maximum absolute atomic E-state index is 5.87. The van der Waals surface area contributed by atoms with Crippen molar-refractivity contribution in [2.75, 3.05) is 23.7 Å². The van der Waals surface area contributed by atoms with E-state index in [1.54, 1.807) is 0 Å². The lowest BCUT2D eigenvalue weighted by Gasteiger charge is -2.26. The lowest BCUT2D eigenvalue weighted by molar-refractivity contribution is 0.636. The van der Waals surface area contributed by atoms with Gasteiger partial charge in [-0.25, -0.2) is 0 Å². The van der Waals surface area contributed by atoms with Crippen LogP contribution in [0.4, 0.5) is 5.69 Å². The fourth-order valence-corrected chi connectivity index (χ4v) is 3.50. The Hall–Kier alpha value is -0.670. The van der Waals surface area contributed by atoms with E-state index in [4.69, 9.17) is 5.73 Å².